The van der Waals surface area contributed by atoms with E-state index in [0.29, 0.717) is 6.42 Å². The standard InChI is InChI=1S/C12H25NO5S/c1-11(2,3)7-9(8-19(15,16)17)13-10(14)18-12(4,5)6/h9H,7-8H2,1-6H3,(H,13,14)(H,15,16,17). The van der Waals surface area contributed by atoms with E-state index in [9.17, 15) is 13.2 Å². The van der Waals surface area contributed by atoms with E-state index < -0.39 is 33.6 Å². The Morgan fingerprint density at radius 2 is 1.68 bits per heavy atom. The Hall–Kier alpha value is -0.820. The molecule has 0 aliphatic rings. The van der Waals surface area contributed by atoms with Crippen molar-refractivity contribution in [2.24, 2.45) is 5.41 Å². The van der Waals surface area contributed by atoms with Crippen LogP contribution < -0.4 is 5.32 Å². The number of nitrogens with one attached hydrogen (secondary N) is 1. The number of amides is 1. The molecule has 0 aliphatic heterocycles. The Labute approximate surface area is 115 Å². The average molecular weight is 295 g/mol. The molecule has 6 nitrogen and oxygen atoms in total. The molecule has 0 aromatic heterocycles. The maximum absolute atomic E-state index is 11.6. The van der Waals surface area contributed by atoms with Gasteiger partial charge in [0, 0.05) is 6.04 Å². The van der Waals surface area contributed by atoms with Gasteiger partial charge in [0.15, 0.2) is 0 Å². The van der Waals surface area contributed by atoms with E-state index in [-0.39, 0.29) is 5.41 Å². The Morgan fingerprint density at radius 1 is 1.21 bits per heavy atom. The SMILES string of the molecule is CC(C)(C)CC(CS(=O)(=O)O)NC(=O)OC(C)(C)C. The number of hydrogen-bond donors (Lipinski definition) is 2. The van der Waals surface area contributed by atoms with Gasteiger partial charge in [0.05, 0.1) is 5.75 Å². The first-order chi connectivity index (χ1) is 8.18. The molecular formula is C12H25NO5S. The Kier molecular flexibility index (Phi) is 5.83. The summed E-state index contributed by atoms with van der Waals surface area (Å²) >= 11 is 0. The molecule has 0 rings (SSSR count). The molecule has 0 fully saturated rings. The lowest BCUT2D eigenvalue weighted by atomic mass is 9.89. The zero-order chi connectivity index (χ0) is 15.5. The highest BCUT2D eigenvalue weighted by molar-refractivity contribution is 7.85. The van der Waals surface area contributed by atoms with Crippen molar-refractivity contribution >= 4 is 16.2 Å². The van der Waals surface area contributed by atoms with Crippen LogP contribution in [0.2, 0.25) is 0 Å². The molecule has 0 aromatic rings. The zero-order valence-corrected chi connectivity index (χ0v) is 13.3. The van der Waals surface area contributed by atoms with Crippen molar-refractivity contribution in [1.82, 2.24) is 5.32 Å². The van der Waals surface area contributed by atoms with Crippen molar-refractivity contribution < 1.29 is 22.5 Å². The summed E-state index contributed by atoms with van der Waals surface area (Å²) < 4.78 is 35.9. The third kappa shape index (κ3) is 12.0. The van der Waals surface area contributed by atoms with Crippen LogP contribution in [0.25, 0.3) is 0 Å². The summed E-state index contributed by atoms with van der Waals surface area (Å²) in [6.45, 7) is 10.9. The van der Waals surface area contributed by atoms with Gasteiger partial charge in [0.2, 0.25) is 0 Å². The topological polar surface area (TPSA) is 92.7 Å². The van der Waals surface area contributed by atoms with Crippen molar-refractivity contribution in [3.8, 4) is 0 Å². The van der Waals surface area contributed by atoms with Gasteiger partial charge in [-0.25, -0.2) is 4.79 Å². The number of rotatable bonds is 4. The maximum atomic E-state index is 11.6. The molecule has 0 saturated heterocycles. The van der Waals surface area contributed by atoms with E-state index >= 15 is 0 Å². The summed E-state index contributed by atoms with van der Waals surface area (Å²) in [5.74, 6) is -0.524. The van der Waals surface area contributed by atoms with E-state index in [1.54, 1.807) is 20.8 Å². The highest BCUT2D eigenvalue weighted by Gasteiger charge is 2.26. The molecule has 1 atom stereocenters. The molecule has 1 amide bonds. The molecule has 0 aliphatic carbocycles. The zero-order valence-electron chi connectivity index (χ0n) is 12.5. The third-order valence-corrected chi connectivity index (χ3v) is 2.82. The van der Waals surface area contributed by atoms with Crippen LogP contribution in [0.4, 0.5) is 4.79 Å². The summed E-state index contributed by atoms with van der Waals surface area (Å²) in [5, 5.41) is 2.49. The van der Waals surface area contributed by atoms with Crippen LogP contribution in [0, 0.1) is 5.41 Å². The van der Waals surface area contributed by atoms with Gasteiger partial charge in [-0.15, -0.1) is 0 Å². The molecule has 1 unspecified atom stereocenters. The van der Waals surface area contributed by atoms with E-state index in [1.165, 1.54) is 0 Å². The number of carbonyl (C=O) groups excluding carboxylic acids is 1. The fourth-order valence-corrected chi connectivity index (χ4v) is 2.33. The van der Waals surface area contributed by atoms with Gasteiger partial charge < -0.3 is 10.1 Å². The Balaban J connectivity index is 4.72. The van der Waals surface area contributed by atoms with Gasteiger partial charge in [-0.3, -0.25) is 4.55 Å². The van der Waals surface area contributed by atoms with E-state index in [0.717, 1.165) is 0 Å². The molecule has 114 valence electrons. The Bertz CT molecular complexity index is 403. The second-order valence-electron chi connectivity index (χ2n) is 6.86. The quantitative estimate of drug-likeness (QED) is 0.776. The fraction of sp³-hybridized carbons (Fsp3) is 0.917. The minimum absolute atomic E-state index is 0.190. The minimum atomic E-state index is -4.16. The van der Waals surface area contributed by atoms with Crippen molar-refractivity contribution in [2.75, 3.05) is 5.75 Å². The van der Waals surface area contributed by atoms with Crippen LogP contribution >= 0.6 is 0 Å². The fourth-order valence-electron chi connectivity index (χ4n) is 1.62. The van der Waals surface area contributed by atoms with Crippen LogP contribution in [-0.2, 0) is 14.9 Å². The van der Waals surface area contributed by atoms with E-state index in [4.69, 9.17) is 9.29 Å². The lowest BCUT2D eigenvalue weighted by molar-refractivity contribution is 0.0499. The van der Waals surface area contributed by atoms with Crippen LogP contribution in [0.1, 0.15) is 48.0 Å². The van der Waals surface area contributed by atoms with Crippen LogP contribution in [0.5, 0.6) is 0 Å². The minimum Gasteiger partial charge on any atom is -0.444 e. The van der Waals surface area contributed by atoms with E-state index in [2.05, 4.69) is 5.32 Å². The summed E-state index contributed by atoms with van der Waals surface area (Å²) in [7, 11) is -4.16. The lowest BCUT2D eigenvalue weighted by Crippen LogP contribution is -2.44. The molecule has 0 bridgehead atoms. The average Bonchev–Trinajstić information content (AvgIpc) is 1.90. The normalized spacial score (nSPS) is 14.9. The van der Waals surface area contributed by atoms with Crippen molar-refractivity contribution in [3.63, 3.8) is 0 Å². The molecular weight excluding hydrogens is 270 g/mol. The summed E-state index contributed by atoms with van der Waals surface area (Å²) in [6, 6.07) is -0.690. The molecule has 0 aromatic carbocycles. The summed E-state index contributed by atoms with van der Waals surface area (Å²) in [6.07, 6.45) is -0.281. The number of alkyl carbamates (subject to hydrolysis) is 1. The van der Waals surface area contributed by atoms with Gasteiger partial charge >= 0.3 is 6.09 Å². The van der Waals surface area contributed by atoms with Gasteiger partial charge in [0.25, 0.3) is 10.1 Å². The molecule has 0 spiro atoms. The van der Waals surface area contributed by atoms with Gasteiger partial charge in [-0.2, -0.15) is 8.42 Å². The van der Waals surface area contributed by atoms with Crippen LogP contribution in [0.3, 0.4) is 0 Å². The summed E-state index contributed by atoms with van der Waals surface area (Å²) in [4.78, 5) is 11.6. The second-order valence-corrected chi connectivity index (χ2v) is 8.35. The largest absolute Gasteiger partial charge is 0.444 e. The van der Waals surface area contributed by atoms with Gasteiger partial charge in [0.1, 0.15) is 5.60 Å². The third-order valence-electron chi connectivity index (χ3n) is 1.99. The first-order valence-corrected chi connectivity index (χ1v) is 7.73. The van der Waals surface area contributed by atoms with E-state index in [1.807, 2.05) is 20.8 Å². The van der Waals surface area contributed by atoms with Crippen molar-refractivity contribution in [1.29, 1.82) is 0 Å². The molecule has 0 radical (unpaired) electrons. The van der Waals surface area contributed by atoms with Crippen LogP contribution in [0.15, 0.2) is 0 Å². The van der Waals surface area contributed by atoms with Gasteiger partial charge in [-0.1, -0.05) is 20.8 Å². The molecule has 0 heterocycles. The first kappa shape index (κ1) is 18.2. The Morgan fingerprint density at radius 3 is 2.00 bits per heavy atom. The summed E-state index contributed by atoms with van der Waals surface area (Å²) in [5.41, 5.74) is -0.848. The smallest absolute Gasteiger partial charge is 0.407 e. The van der Waals surface area contributed by atoms with Crippen LogP contribution in [-0.4, -0.2) is 36.5 Å². The molecule has 2 N–H and O–H groups in total. The molecule has 7 heteroatoms. The van der Waals surface area contributed by atoms with Crippen molar-refractivity contribution in [2.45, 2.75) is 59.6 Å². The highest BCUT2D eigenvalue weighted by Crippen LogP contribution is 2.21. The lowest BCUT2D eigenvalue weighted by Gasteiger charge is -2.27. The van der Waals surface area contributed by atoms with Crippen molar-refractivity contribution in [3.05, 3.63) is 0 Å². The maximum Gasteiger partial charge on any atom is 0.407 e. The predicted molar refractivity (Wildman–Crippen MR) is 73.6 cm³/mol. The molecule has 0 saturated carbocycles. The number of carbonyl (C=O) groups is 1. The predicted octanol–water partition coefficient (Wildman–Crippen LogP) is 2.20. The number of hydrogen-bond acceptors (Lipinski definition) is 4. The highest BCUT2D eigenvalue weighted by atomic mass is 32.2. The number of ether oxygens (including phenoxy) is 1. The first-order valence-electron chi connectivity index (χ1n) is 6.13. The van der Waals surface area contributed by atoms with Gasteiger partial charge in [-0.05, 0) is 32.6 Å². The second kappa shape index (κ2) is 6.09. The monoisotopic (exact) mass is 295 g/mol. The molecule has 19 heavy (non-hydrogen) atoms.